The molecule has 2 amide bonds. The Balaban J connectivity index is 1.47. The van der Waals surface area contributed by atoms with Gasteiger partial charge in [-0.15, -0.1) is 11.3 Å². The van der Waals surface area contributed by atoms with Crippen molar-refractivity contribution < 1.29 is 19.1 Å². The van der Waals surface area contributed by atoms with Crippen LogP contribution in [0.2, 0.25) is 0 Å². The molecule has 1 aromatic carbocycles. The van der Waals surface area contributed by atoms with E-state index in [0.29, 0.717) is 38.7 Å². The van der Waals surface area contributed by atoms with E-state index in [2.05, 4.69) is 27.8 Å². The maximum Gasteiger partial charge on any atom is 0.246 e. The maximum absolute atomic E-state index is 14.0. The third kappa shape index (κ3) is 8.82. The predicted octanol–water partition coefficient (Wildman–Crippen LogP) is 5.31. The minimum Gasteiger partial charge on any atom is -0.401 e. The van der Waals surface area contributed by atoms with Crippen molar-refractivity contribution in [2.45, 2.75) is 90.8 Å². The number of likely N-dealkylation sites (tertiary alicyclic amines) is 1. The third-order valence-corrected chi connectivity index (χ3v) is 9.78. The zero-order valence-corrected chi connectivity index (χ0v) is 27.9. The second kappa shape index (κ2) is 15.9. The molecule has 1 aliphatic carbocycles. The summed E-state index contributed by atoms with van der Waals surface area (Å²) < 4.78 is 11.0. The molecular weight excluding hydrogens is 574 g/mol. The molecule has 0 spiro atoms. The number of nitrogens with two attached hydrogens (primary N) is 1. The molecule has 4 N–H and O–H groups in total. The molecule has 1 saturated carbocycles. The molecular formula is C34H51N5O4S. The number of carbonyl (C=O) groups is 2. The van der Waals surface area contributed by atoms with Gasteiger partial charge in [0.05, 0.1) is 41.9 Å². The molecule has 2 unspecified atom stereocenters. The highest BCUT2D eigenvalue weighted by atomic mass is 32.1. The van der Waals surface area contributed by atoms with Crippen LogP contribution in [0.25, 0.3) is 10.4 Å². The fourth-order valence-corrected chi connectivity index (χ4v) is 6.98. The Labute approximate surface area is 267 Å². The van der Waals surface area contributed by atoms with E-state index in [1.807, 2.05) is 51.5 Å². The Kier molecular flexibility index (Phi) is 12.2. The summed E-state index contributed by atoms with van der Waals surface area (Å²) in [6.45, 7) is 9.87. The Morgan fingerprint density at radius 3 is 2.48 bits per heavy atom. The van der Waals surface area contributed by atoms with E-state index in [1.54, 1.807) is 23.3 Å². The highest BCUT2D eigenvalue weighted by Crippen LogP contribution is 2.31. The van der Waals surface area contributed by atoms with Crippen molar-refractivity contribution >= 4 is 23.2 Å². The first-order valence-corrected chi connectivity index (χ1v) is 16.9. The number of carbonyl (C=O) groups excluding carboxylic acids is 2. The molecule has 10 heteroatoms. The normalized spacial score (nSPS) is 19.5. The number of amides is 2. The zero-order chi connectivity index (χ0) is 31.7. The van der Waals surface area contributed by atoms with Crippen molar-refractivity contribution in [2.24, 2.45) is 17.1 Å². The van der Waals surface area contributed by atoms with Crippen molar-refractivity contribution in [3.05, 3.63) is 52.9 Å². The second-order valence-corrected chi connectivity index (χ2v) is 14.0. The molecule has 2 heterocycles. The van der Waals surface area contributed by atoms with Crippen LogP contribution >= 0.6 is 11.3 Å². The minimum atomic E-state index is -0.547. The minimum absolute atomic E-state index is 0.0694. The molecule has 4 rings (SSSR count). The monoisotopic (exact) mass is 625 g/mol. The smallest absolute Gasteiger partial charge is 0.246 e. The quantitative estimate of drug-likeness (QED) is 0.258. The second-order valence-electron chi connectivity index (χ2n) is 13.2. The highest BCUT2D eigenvalue weighted by molar-refractivity contribution is 7.13. The van der Waals surface area contributed by atoms with Gasteiger partial charge in [-0.25, -0.2) is 4.98 Å². The van der Waals surface area contributed by atoms with E-state index in [-0.39, 0.29) is 23.3 Å². The summed E-state index contributed by atoms with van der Waals surface area (Å²) >= 11 is 1.61. The van der Waals surface area contributed by atoms with Crippen molar-refractivity contribution in [2.75, 3.05) is 33.5 Å². The van der Waals surface area contributed by atoms with Gasteiger partial charge in [-0.3, -0.25) is 9.59 Å². The summed E-state index contributed by atoms with van der Waals surface area (Å²) in [5, 5.41) is 6.59. The number of hydrogen-bond acceptors (Lipinski definition) is 8. The average Bonchev–Trinajstić information content (AvgIpc) is 3.68. The van der Waals surface area contributed by atoms with Gasteiger partial charge in [0, 0.05) is 25.6 Å². The predicted molar refractivity (Wildman–Crippen MR) is 176 cm³/mol. The summed E-state index contributed by atoms with van der Waals surface area (Å²) in [5.74, 6) is 0.129. The molecule has 2 aliphatic rings. The summed E-state index contributed by atoms with van der Waals surface area (Å²) in [7, 11) is 1.63. The van der Waals surface area contributed by atoms with Crippen LogP contribution in [0.5, 0.6) is 0 Å². The number of nitrogens with one attached hydrogen (secondary N) is 2. The van der Waals surface area contributed by atoms with Gasteiger partial charge in [-0.1, -0.05) is 64.3 Å². The first kappa shape index (κ1) is 33.9. The van der Waals surface area contributed by atoms with Crippen LogP contribution in [0.4, 0.5) is 0 Å². The average molecular weight is 626 g/mol. The number of hydrogen-bond donors (Lipinski definition) is 3. The van der Waals surface area contributed by atoms with E-state index in [4.69, 9.17) is 15.2 Å². The number of methoxy groups -OCH3 is 1. The molecule has 9 nitrogen and oxygen atoms in total. The van der Waals surface area contributed by atoms with E-state index in [1.165, 1.54) is 19.3 Å². The molecule has 44 heavy (non-hydrogen) atoms. The van der Waals surface area contributed by atoms with Gasteiger partial charge in [0.2, 0.25) is 11.8 Å². The number of ether oxygens (including phenoxy) is 2. The Morgan fingerprint density at radius 2 is 1.84 bits per heavy atom. The van der Waals surface area contributed by atoms with Gasteiger partial charge in [-0.05, 0) is 55.1 Å². The number of aromatic nitrogens is 1. The highest BCUT2D eigenvalue weighted by Gasteiger charge is 2.41. The number of benzene rings is 1. The van der Waals surface area contributed by atoms with Crippen molar-refractivity contribution in [1.29, 1.82) is 0 Å². The standard InChI is InChI=1S/C34H51N5O4S/c1-23-30(44-22-37-23)26-15-13-25(14-16-26)28(21-43-19-18-42-5)38-32(40)29-12-9-17-39(29)33(41)31(34(2,3)4)36-20-27(35)24-10-7-6-8-11-24/h13-16,20,22,24,28-29,31,36H,6-12,17-19,21,35H2,1-5H3,(H,38,40)/b27-20-/t28-,29?,31?/m0/s1. The lowest BCUT2D eigenvalue weighted by molar-refractivity contribution is -0.142. The SMILES string of the molecule is COCCOC[C@H](NC(=O)C1CCCN1C(=O)C(N/C=C(\N)C1CCCCC1)C(C)(C)C)c1ccc(-c2scnc2C)cc1. The lowest BCUT2D eigenvalue weighted by Crippen LogP contribution is -2.56. The van der Waals surface area contributed by atoms with Gasteiger partial charge in [0.25, 0.3) is 0 Å². The number of rotatable bonds is 13. The van der Waals surface area contributed by atoms with Crippen LogP contribution in [0.1, 0.15) is 83.0 Å². The van der Waals surface area contributed by atoms with Crippen molar-refractivity contribution in [1.82, 2.24) is 20.5 Å². The molecule has 242 valence electrons. The first-order chi connectivity index (χ1) is 21.1. The molecule has 1 aliphatic heterocycles. The van der Waals surface area contributed by atoms with Crippen molar-refractivity contribution in [3.8, 4) is 10.4 Å². The van der Waals surface area contributed by atoms with E-state index in [0.717, 1.165) is 46.7 Å². The van der Waals surface area contributed by atoms with Crippen LogP contribution < -0.4 is 16.4 Å². The summed E-state index contributed by atoms with van der Waals surface area (Å²) in [6, 6.07) is 6.74. The molecule has 2 aromatic rings. The summed E-state index contributed by atoms with van der Waals surface area (Å²) in [4.78, 5) is 35.1. The third-order valence-electron chi connectivity index (χ3n) is 8.80. The van der Waals surface area contributed by atoms with Crippen LogP contribution in [-0.4, -0.2) is 67.3 Å². The summed E-state index contributed by atoms with van der Waals surface area (Å²) in [5.41, 5.74) is 11.8. The molecule has 0 bridgehead atoms. The fourth-order valence-electron chi connectivity index (χ4n) is 6.17. The van der Waals surface area contributed by atoms with Crippen LogP contribution in [0, 0.1) is 18.3 Å². The number of aryl methyl sites for hydroxylation is 1. The van der Waals surface area contributed by atoms with Crippen LogP contribution in [-0.2, 0) is 19.1 Å². The fraction of sp³-hybridized carbons (Fsp3) is 0.618. The number of thiazole rings is 1. The Hall–Kier alpha value is -2.95. The van der Waals surface area contributed by atoms with Gasteiger partial charge in [-0.2, -0.15) is 0 Å². The Bertz CT molecular complexity index is 1250. The van der Waals surface area contributed by atoms with Crippen molar-refractivity contribution in [3.63, 3.8) is 0 Å². The van der Waals surface area contributed by atoms with E-state index >= 15 is 0 Å². The van der Waals surface area contributed by atoms with Crippen LogP contribution in [0.3, 0.4) is 0 Å². The van der Waals surface area contributed by atoms with Gasteiger partial charge in [0.1, 0.15) is 12.1 Å². The van der Waals surface area contributed by atoms with E-state index in [9.17, 15) is 9.59 Å². The van der Waals surface area contributed by atoms with Gasteiger partial charge >= 0.3 is 0 Å². The molecule has 2 fully saturated rings. The Morgan fingerprint density at radius 1 is 1.11 bits per heavy atom. The van der Waals surface area contributed by atoms with Gasteiger partial charge < -0.3 is 30.7 Å². The maximum atomic E-state index is 14.0. The molecule has 1 saturated heterocycles. The summed E-state index contributed by atoms with van der Waals surface area (Å²) in [6.07, 6.45) is 9.08. The zero-order valence-electron chi connectivity index (χ0n) is 27.1. The largest absolute Gasteiger partial charge is 0.401 e. The molecule has 0 radical (unpaired) electrons. The molecule has 3 atom stereocenters. The molecule has 1 aromatic heterocycles. The van der Waals surface area contributed by atoms with E-state index < -0.39 is 12.1 Å². The van der Waals surface area contributed by atoms with Crippen LogP contribution in [0.15, 0.2) is 41.7 Å². The topological polar surface area (TPSA) is 119 Å². The first-order valence-electron chi connectivity index (χ1n) is 16.0. The number of nitrogens with zero attached hydrogens (tertiary/aromatic N) is 2. The lowest BCUT2D eigenvalue weighted by Gasteiger charge is -2.36. The number of allylic oxidation sites excluding steroid dienone is 1. The van der Waals surface area contributed by atoms with Gasteiger partial charge in [0.15, 0.2) is 0 Å². The lowest BCUT2D eigenvalue weighted by atomic mass is 9.85.